The Morgan fingerprint density at radius 3 is 2.94 bits per heavy atom. The highest BCUT2D eigenvalue weighted by Gasteiger charge is 2.08. The van der Waals surface area contributed by atoms with Crippen molar-refractivity contribution in [3.05, 3.63) is 46.2 Å². The van der Waals surface area contributed by atoms with Crippen LogP contribution < -0.4 is 5.32 Å². The van der Waals surface area contributed by atoms with Gasteiger partial charge in [-0.3, -0.25) is 0 Å². The van der Waals surface area contributed by atoms with Gasteiger partial charge in [-0.05, 0) is 24.6 Å². The molecular weight excluding hydrogens is 247 g/mol. The van der Waals surface area contributed by atoms with Gasteiger partial charge < -0.3 is 5.32 Å². The number of halogens is 2. The molecule has 0 radical (unpaired) electrons. The van der Waals surface area contributed by atoms with Gasteiger partial charge in [-0.15, -0.1) is 11.3 Å². The van der Waals surface area contributed by atoms with Crippen LogP contribution in [0.4, 0.5) is 9.52 Å². The number of nitrogens with zero attached hydrogens (tertiary/aromatic N) is 1. The molecule has 0 fully saturated rings. The highest BCUT2D eigenvalue weighted by Crippen LogP contribution is 2.24. The zero-order valence-electron chi connectivity index (χ0n) is 8.58. The average molecular weight is 257 g/mol. The van der Waals surface area contributed by atoms with Crippen molar-refractivity contribution in [1.82, 2.24) is 4.98 Å². The Morgan fingerprint density at radius 1 is 1.50 bits per heavy atom. The lowest BCUT2D eigenvalue weighted by atomic mass is 10.1. The monoisotopic (exact) mass is 256 g/mol. The predicted molar refractivity (Wildman–Crippen MR) is 65.6 cm³/mol. The number of nitrogens with one attached hydrogen (secondary N) is 1. The van der Waals surface area contributed by atoms with Gasteiger partial charge in [0.25, 0.3) is 0 Å². The topological polar surface area (TPSA) is 24.9 Å². The second-order valence-corrected chi connectivity index (χ2v) is 4.68. The van der Waals surface area contributed by atoms with E-state index in [1.165, 1.54) is 17.4 Å². The van der Waals surface area contributed by atoms with Crippen molar-refractivity contribution in [2.45, 2.75) is 13.0 Å². The summed E-state index contributed by atoms with van der Waals surface area (Å²) in [4.78, 5) is 4.12. The Balaban J connectivity index is 2.14. The van der Waals surface area contributed by atoms with Crippen LogP contribution in [-0.4, -0.2) is 4.98 Å². The minimum atomic E-state index is -0.396. The molecule has 1 aromatic heterocycles. The highest BCUT2D eigenvalue weighted by molar-refractivity contribution is 7.13. The first kappa shape index (κ1) is 11.4. The largest absolute Gasteiger partial charge is 0.355 e. The molecule has 1 unspecified atom stereocenters. The number of hydrogen-bond acceptors (Lipinski definition) is 3. The zero-order valence-corrected chi connectivity index (χ0v) is 10.1. The van der Waals surface area contributed by atoms with Crippen LogP contribution in [0.25, 0.3) is 0 Å². The number of rotatable bonds is 3. The predicted octanol–water partition coefficient (Wildman–Crippen LogP) is 4.11. The van der Waals surface area contributed by atoms with Gasteiger partial charge in [0.15, 0.2) is 5.13 Å². The standard InChI is InChI=1S/C11H10ClFN2S/c1-7(15-11-14-4-5-16-11)8-2-3-10(13)9(12)6-8/h2-7H,1H3,(H,14,15). The van der Waals surface area contributed by atoms with Crippen molar-refractivity contribution in [3.63, 3.8) is 0 Å². The van der Waals surface area contributed by atoms with Crippen molar-refractivity contribution in [1.29, 1.82) is 0 Å². The van der Waals surface area contributed by atoms with Crippen molar-refractivity contribution in [2.24, 2.45) is 0 Å². The number of benzene rings is 1. The molecule has 2 aromatic rings. The van der Waals surface area contributed by atoms with Crippen LogP contribution in [0.2, 0.25) is 5.02 Å². The van der Waals surface area contributed by atoms with Gasteiger partial charge in [-0.25, -0.2) is 9.37 Å². The molecule has 2 nitrogen and oxygen atoms in total. The van der Waals surface area contributed by atoms with E-state index in [9.17, 15) is 4.39 Å². The molecule has 2 rings (SSSR count). The van der Waals surface area contributed by atoms with Gasteiger partial charge in [0.2, 0.25) is 0 Å². The van der Waals surface area contributed by atoms with Crippen LogP contribution in [-0.2, 0) is 0 Å². The summed E-state index contributed by atoms with van der Waals surface area (Å²) in [5.74, 6) is -0.396. The van der Waals surface area contributed by atoms with Crippen molar-refractivity contribution in [3.8, 4) is 0 Å². The summed E-state index contributed by atoms with van der Waals surface area (Å²) in [6.45, 7) is 1.98. The van der Waals surface area contributed by atoms with E-state index in [4.69, 9.17) is 11.6 Å². The fourth-order valence-corrected chi connectivity index (χ4v) is 2.15. The third kappa shape index (κ3) is 2.51. The van der Waals surface area contributed by atoms with E-state index >= 15 is 0 Å². The number of aromatic nitrogens is 1. The van der Waals surface area contributed by atoms with Crippen LogP contribution in [0.1, 0.15) is 18.5 Å². The lowest BCUT2D eigenvalue weighted by Crippen LogP contribution is -2.06. The molecule has 0 saturated carbocycles. The number of anilines is 1. The molecule has 1 heterocycles. The van der Waals surface area contributed by atoms with E-state index in [0.29, 0.717) is 0 Å². The second-order valence-electron chi connectivity index (χ2n) is 3.38. The van der Waals surface area contributed by atoms with E-state index in [-0.39, 0.29) is 11.1 Å². The summed E-state index contributed by atoms with van der Waals surface area (Å²) in [5, 5.41) is 6.09. The first-order valence-corrected chi connectivity index (χ1v) is 6.03. The highest BCUT2D eigenvalue weighted by atomic mass is 35.5. The fraction of sp³-hybridized carbons (Fsp3) is 0.182. The van der Waals surface area contributed by atoms with E-state index in [1.807, 2.05) is 12.3 Å². The van der Waals surface area contributed by atoms with Crippen molar-refractivity contribution >= 4 is 28.1 Å². The molecule has 16 heavy (non-hydrogen) atoms. The Bertz CT molecular complexity index is 473. The first-order valence-electron chi connectivity index (χ1n) is 4.78. The summed E-state index contributed by atoms with van der Waals surface area (Å²) in [7, 11) is 0. The zero-order chi connectivity index (χ0) is 11.5. The normalized spacial score (nSPS) is 12.4. The third-order valence-electron chi connectivity index (χ3n) is 2.22. The number of thiazole rings is 1. The summed E-state index contributed by atoms with van der Waals surface area (Å²) in [6, 6.07) is 4.76. The molecule has 84 valence electrons. The van der Waals surface area contributed by atoms with Gasteiger partial charge in [-0.2, -0.15) is 0 Å². The molecule has 0 amide bonds. The van der Waals surface area contributed by atoms with Crippen LogP contribution in [0.5, 0.6) is 0 Å². The summed E-state index contributed by atoms with van der Waals surface area (Å²) in [5.41, 5.74) is 0.932. The van der Waals surface area contributed by atoms with E-state index in [0.717, 1.165) is 10.7 Å². The molecule has 0 aliphatic rings. The Hall–Kier alpha value is -1.13. The van der Waals surface area contributed by atoms with E-state index < -0.39 is 5.82 Å². The van der Waals surface area contributed by atoms with Gasteiger partial charge >= 0.3 is 0 Å². The van der Waals surface area contributed by atoms with Crippen molar-refractivity contribution < 1.29 is 4.39 Å². The third-order valence-corrected chi connectivity index (χ3v) is 3.21. The molecule has 0 spiro atoms. The number of hydrogen-bond donors (Lipinski definition) is 1. The lowest BCUT2D eigenvalue weighted by Gasteiger charge is -2.13. The SMILES string of the molecule is CC(Nc1nccs1)c1ccc(F)c(Cl)c1. The van der Waals surface area contributed by atoms with Gasteiger partial charge in [0, 0.05) is 11.6 Å². The molecule has 1 aromatic carbocycles. The molecular formula is C11H10ClFN2S. The molecule has 0 saturated heterocycles. The van der Waals surface area contributed by atoms with Gasteiger partial charge in [-0.1, -0.05) is 17.7 Å². The molecule has 5 heteroatoms. The summed E-state index contributed by atoms with van der Waals surface area (Å²) < 4.78 is 13.0. The summed E-state index contributed by atoms with van der Waals surface area (Å²) in [6.07, 6.45) is 1.73. The minimum absolute atomic E-state index is 0.0456. The van der Waals surface area contributed by atoms with Gasteiger partial charge in [0.1, 0.15) is 5.82 Å². The smallest absolute Gasteiger partial charge is 0.183 e. The average Bonchev–Trinajstić information content (AvgIpc) is 2.74. The minimum Gasteiger partial charge on any atom is -0.355 e. The van der Waals surface area contributed by atoms with Gasteiger partial charge in [0.05, 0.1) is 11.1 Å². The molecule has 0 aliphatic heterocycles. The second kappa shape index (κ2) is 4.80. The molecule has 1 N–H and O–H groups in total. The molecule has 0 bridgehead atoms. The lowest BCUT2D eigenvalue weighted by molar-refractivity contribution is 0.627. The van der Waals surface area contributed by atoms with E-state index in [2.05, 4.69) is 10.3 Å². The maximum absolute atomic E-state index is 13.0. The maximum atomic E-state index is 13.0. The molecule has 0 aliphatic carbocycles. The van der Waals surface area contributed by atoms with Crippen LogP contribution in [0, 0.1) is 5.82 Å². The van der Waals surface area contributed by atoms with Crippen LogP contribution in [0.3, 0.4) is 0 Å². The maximum Gasteiger partial charge on any atom is 0.183 e. The van der Waals surface area contributed by atoms with Crippen molar-refractivity contribution in [2.75, 3.05) is 5.32 Å². The Labute approximate surface area is 102 Å². The Morgan fingerprint density at radius 2 is 2.31 bits per heavy atom. The summed E-state index contributed by atoms with van der Waals surface area (Å²) >= 11 is 7.25. The quantitative estimate of drug-likeness (QED) is 0.894. The molecule has 1 atom stereocenters. The van der Waals surface area contributed by atoms with E-state index in [1.54, 1.807) is 18.3 Å². The van der Waals surface area contributed by atoms with Crippen LogP contribution >= 0.6 is 22.9 Å². The van der Waals surface area contributed by atoms with Crippen LogP contribution in [0.15, 0.2) is 29.8 Å². The Kier molecular flexibility index (Phi) is 3.41. The first-order chi connectivity index (χ1) is 7.66. The fourth-order valence-electron chi connectivity index (χ4n) is 1.34.